The van der Waals surface area contributed by atoms with Crippen LogP contribution in [0.1, 0.15) is 17.7 Å². The van der Waals surface area contributed by atoms with E-state index in [0.717, 1.165) is 9.55 Å². The minimum atomic E-state index is -3.94. The Hall–Kier alpha value is -2.30. The first-order chi connectivity index (χ1) is 13.4. The molecule has 10 heteroatoms. The minimum Gasteiger partial charge on any atom is -0.331 e. The molecule has 2 fully saturated rings. The average molecular weight is 422 g/mol. The van der Waals surface area contributed by atoms with Gasteiger partial charge in [-0.3, -0.25) is 9.59 Å². The third-order valence-electron chi connectivity index (χ3n) is 5.29. The predicted molar refractivity (Wildman–Crippen MR) is 102 cm³/mol. The van der Waals surface area contributed by atoms with Crippen molar-refractivity contribution in [3.63, 3.8) is 0 Å². The van der Waals surface area contributed by atoms with Gasteiger partial charge in [0, 0.05) is 30.0 Å². The number of likely N-dealkylation sites (tertiary alicyclic amines) is 1. The summed E-state index contributed by atoms with van der Waals surface area (Å²) >= 11 is 1.59. The van der Waals surface area contributed by atoms with Gasteiger partial charge in [-0.25, -0.2) is 14.3 Å². The van der Waals surface area contributed by atoms with Gasteiger partial charge in [0.2, 0.25) is 12.1 Å². The van der Waals surface area contributed by atoms with E-state index in [4.69, 9.17) is 5.84 Å². The van der Waals surface area contributed by atoms with Gasteiger partial charge in [-0.2, -0.15) is 4.31 Å². The van der Waals surface area contributed by atoms with E-state index >= 15 is 0 Å². The molecular weight excluding hydrogens is 400 g/mol. The number of carbonyl (C=O) groups is 2. The molecule has 0 spiro atoms. The summed E-state index contributed by atoms with van der Waals surface area (Å²) in [4.78, 5) is 28.0. The Morgan fingerprint density at radius 2 is 2.11 bits per heavy atom. The van der Waals surface area contributed by atoms with E-state index in [9.17, 15) is 18.0 Å². The first-order valence-electron chi connectivity index (χ1n) is 9.02. The number of nitrogens with two attached hydrogens (primary N) is 1. The van der Waals surface area contributed by atoms with E-state index in [1.165, 1.54) is 16.6 Å². The second-order valence-electron chi connectivity index (χ2n) is 6.93. The maximum absolute atomic E-state index is 13.1. The molecule has 0 saturated carbocycles. The molecular formula is C18H21N4O4S2+. The molecule has 2 aliphatic heterocycles. The van der Waals surface area contributed by atoms with Gasteiger partial charge in [-0.15, -0.1) is 11.3 Å². The van der Waals surface area contributed by atoms with Crippen LogP contribution in [0.25, 0.3) is 0 Å². The van der Waals surface area contributed by atoms with Gasteiger partial charge in [0.15, 0.2) is 5.78 Å². The number of nitrogens with zero attached hydrogens (tertiary/aromatic N) is 3. The number of aryl methyl sites for hydroxylation is 1. The van der Waals surface area contributed by atoms with Crippen LogP contribution in [-0.2, 0) is 26.0 Å². The van der Waals surface area contributed by atoms with Crippen LogP contribution >= 0.6 is 11.3 Å². The van der Waals surface area contributed by atoms with Crippen molar-refractivity contribution in [3.05, 3.63) is 46.8 Å². The van der Waals surface area contributed by atoms with Crippen LogP contribution in [0.3, 0.4) is 0 Å². The Bertz CT molecular complexity index is 1010. The Labute approximate surface area is 167 Å². The van der Waals surface area contributed by atoms with E-state index in [-0.39, 0.29) is 23.3 Å². The van der Waals surface area contributed by atoms with Crippen LogP contribution in [0.2, 0.25) is 0 Å². The van der Waals surface area contributed by atoms with Gasteiger partial charge in [0.1, 0.15) is 6.04 Å². The number of ketones is 1. The van der Waals surface area contributed by atoms with E-state index in [1.807, 2.05) is 17.5 Å². The second-order valence-corrected chi connectivity index (χ2v) is 9.80. The molecule has 2 aliphatic rings. The van der Waals surface area contributed by atoms with Crippen LogP contribution in [0, 0.1) is 0 Å². The first-order valence-corrected chi connectivity index (χ1v) is 11.3. The lowest BCUT2D eigenvalue weighted by atomic mass is 10.1. The average Bonchev–Trinajstić information content (AvgIpc) is 3.38. The number of amides is 1. The van der Waals surface area contributed by atoms with E-state index in [2.05, 4.69) is 0 Å². The van der Waals surface area contributed by atoms with Crippen molar-refractivity contribution in [1.82, 2.24) is 9.21 Å². The zero-order chi connectivity index (χ0) is 19.9. The molecule has 0 radical (unpaired) electrons. The number of Topliss-reactive ketones (excluding diaryl/α,β-unsaturated/α-hetero) is 1. The Kier molecular flexibility index (Phi) is 4.94. The Morgan fingerprint density at radius 3 is 2.82 bits per heavy atom. The maximum atomic E-state index is 13.1. The summed E-state index contributed by atoms with van der Waals surface area (Å²) in [6.45, 7) is 0.148. The molecule has 4 heterocycles. The van der Waals surface area contributed by atoms with Crippen LogP contribution < -0.4 is 10.5 Å². The van der Waals surface area contributed by atoms with Crippen molar-refractivity contribution in [1.29, 1.82) is 0 Å². The van der Waals surface area contributed by atoms with Gasteiger partial charge in [0.05, 0.1) is 12.6 Å². The molecule has 2 aromatic heterocycles. The van der Waals surface area contributed by atoms with Crippen molar-refractivity contribution >= 4 is 33.1 Å². The van der Waals surface area contributed by atoms with Gasteiger partial charge in [-0.05, 0) is 30.4 Å². The minimum absolute atomic E-state index is 0.0779. The molecule has 28 heavy (non-hydrogen) atoms. The highest BCUT2D eigenvalue weighted by molar-refractivity contribution is 7.89. The fourth-order valence-corrected chi connectivity index (χ4v) is 6.38. The molecule has 2 unspecified atom stereocenters. The van der Waals surface area contributed by atoms with Crippen molar-refractivity contribution in [3.8, 4) is 0 Å². The smallest absolute Gasteiger partial charge is 0.331 e. The molecule has 0 aromatic carbocycles. The van der Waals surface area contributed by atoms with Crippen molar-refractivity contribution in [2.24, 2.45) is 0 Å². The quantitative estimate of drug-likeness (QED) is 0.537. The molecule has 148 valence electrons. The number of fused-ring (bicyclic) bond motifs is 1. The maximum Gasteiger partial charge on any atom is 0.340 e. The summed E-state index contributed by atoms with van der Waals surface area (Å²) in [5, 5.41) is 1.88. The number of hydrogen-bond donors (Lipinski definition) is 1. The standard InChI is InChI=1S/C18H21N4O4S2/c19-21-9-2-1-5-17(21)28(25,26)22-12-15(23)18-14(22)8-10-20(18)16(24)7-6-13-4-3-11-27-13/h1-5,9,11,14,18H,6-8,10,12,19H2/q+1. The molecule has 1 amide bonds. The number of thiophene rings is 1. The summed E-state index contributed by atoms with van der Waals surface area (Å²) in [5.74, 6) is 5.42. The first kappa shape index (κ1) is 19.0. The largest absolute Gasteiger partial charge is 0.340 e. The summed E-state index contributed by atoms with van der Waals surface area (Å²) in [5.41, 5.74) is 0. The normalized spacial score (nSPS) is 22.6. The van der Waals surface area contributed by atoms with E-state index < -0.39 is 22.1 Å². The van der Waals surface area contributed by atoms with Gasteiger partial charge < -0.3 is 4.90 Å². The number of rotatable bonds is 5. The summed E-state index contributed by atoms with van der Waals surface area (Å²) in [6, 6.07) is 7.28. The van der Waals surface area contributed by atoms with Crippen LogP contribution in [0.5, 0.6) is 0 Å². The number of aromatic nitrogens is 1. The van der Waals surface area contributed by atoms with Gasteiger partial charge in [-0.1, -0.05) is 10.7 Å². The SMILES string of the molecule is N[n+]1ccccc1S(=O)(=O)N1CC(=O)C2C1CCN2C(=O)CCc1cccs1. The number of sulfonamides is 1. The second kappa shape index (κ2) is 7.26. The molecule has 2 atom stereocenters. The molecule has 0 bridgehead atoms. The highest BCUT2D eigenvalue weighted by atomic mass is 32.2. The number of hydrogen-bond acceptors (Lipinski definition) is 6. The molecule has 0 aliphatic carbocycles. The molecule has 2 saturated heterocycles. The molecule has 2 N–H and O–H groups in total. The lowest BCUT2D eigenvalue weighted by Crippen LogP contribution is -2.52. The monoisotopic (exact) mass is 421 g/mol. The predicted octanol–water partition coefficient (Wildman–Crippen LogP) is -0.0749. The Morgan fingerprint density at radius 1 is 1.29 bits per heavy atom. The van der Waals surface area contributed by atoms with Crippen molar-refractivity contribution in [2.75, 3.05) is 18.9 Å². The highest BCUT2D eigenvalue weighted by Gasteiger charge is 2.55. The summed E-state index contributed by atoms with van der Waals surface area (Å²) in [6.07, 6.45) is 2.82. The van der Waals surface area contributed by atoms with E-state index in [1.54, 1.807) is 28.4 Å². The van der Waals surface area contributed by atoms with Crippen LogP contribution in [-0.4, -0.2) is 54.5 Å². The molecule has 2 aromatic rings. The highest BCUT2D eigenvalue weighted by Crippen LogP contribution is 2.33. The zero-order valence-corrected chi connectivity index (χ0v) is 16.7. The Balaban J connectivity index is 1.53. The van der Waals surface area contributed by atoms with Crippen LogP contribution in [0.4, 0.5) is 0 Å². The fraction of sp³-hybridized carbons (Fsp3) is 0.389. The van der Waals surface area contributed by atoms with Crippen molar-refractivity contribution < 1.29 is 22.7 Å². The number of nitrogen functional groups attached to an aromatic ring is 1. The lowest BCUT2D eigenvalue weighted by molar-refractivity contribution is -0.678. The van der Waals surface area contributed by atoms with Crippen molar-refractivity contribution in [2.45, 2.75) is 36.4 Å². The summed E-state index contributed by atoms with van der Waals surface area (Å²) in [7, 11) is -3.94. The number of carbonyl (C=O) groups excluding carboxylic acids is 2. The van der Waals surface area contributed by atoms with Gasteiger partial charge in [0.25, 0.3) is 0 Å². The topological polar surface area (TPSA) is 105 Å². The fourth-order valence-electron chi connectivity index (χ4n) is 3.98. The van der Waals surface area contributed by atoms with E-state index in [0.29, 0.717) is 25.8 Å². The van der Waals surface area contributed by atoms with Gasteiger partial charge >= 0.3 is 15.0 Å². The lowest BCUT2D eigenvalue weighted by Gasteiger charge is -2.23. The number of pyridine rings is 1. The zero-order valence-electron chi connectivity index (χ0n) is 15.1. The van der Waals surface area contributed by atoms with Crippen LogP contribution in [0.15, 0.2) is 46.9 Å². The molecule has 8 nitrogen and oxygen atoms in total. The third-order valence-corrected chi connectivity index (χ3v) is 8.12. The summed E-state index contributed by atoms with van der Waals surface area (Å²) < 4.78 is 28.4. The third kappa shape index (κ3) is 3.21. The molecule has 4 rings (SSSR count).